The van der Waals surface area contributed by atoms with Crippen LogP contribution in [0.5, 0.6) is 5.75 Å². The smallest absolute Gasteiger partial charge is 0.297 e. The lowest BCUT2D eigenvalue weighted by atomic mass is 10.2. The quantitative estimate of drug-likeness (QED) is 0.685. The summed E-state index contributed by atoms with van der Waals surface area (Å²) in [5.74, 6) is 0.344. The van der Waals surface area contributed by atoms with Gasteiger partial charge in [0, 0.05) is 6.42 Å². The summed E-state index contributed by atoms with van der Waals surface area (Å²) in [5, 5.41) is 0. The van der Waals surface area contributed by atoms with Crippen molar-refractivity contribution in [3.8, 4) is 5.75 Å². The number of Topliss-reactive ketones (excluding diaryl/α,β-unsaturated/α-hetero) is 1. The zero-order valence-electron chi connectivity index (χ0n) is 11.1. The van der Waals surface area contributed by atoms with Crippen molar-refractivity contribution < 1.29 is 22.1 Å². The second-order valence-electron chi connectivity index (χ2n) is 4.03. The average Bonchev–Trinajstić information content (AvgIpc) is 2.43. The summed E-state index contributed by atoms with van der Waals surface area (Å²) in [6.45, 7) is 1.55. The summed E-state index contributed by atoms with van der Waals surface area (Å²) in [5.41, 5.74) is 0. The molecule has 0 spiro atoms. The third-order valence-corrected chi connectivity index (χ3v) is 3.81. The molecule has 0 aromatic heterocycles. The normalized spacial score (nSPS) is 11.3. The first-order valence-electron chi connectivity index (χ1n) is 6.04. The van der Waals surface area contributed by atoms with Gasteiger partial charge in [0.15, 0.2) is 5.78 Å². The van der Waals surface area contributed by atoms with E-state index in [1.807, 2.05) is 6.92 Å². The summed E-state index contributed by atoms with van der Waals surface area (Å²) in [7, 11) is -2.39. The van der Waals surface area contributed by atoms with Crippen molar-refractivity contribution in [1.82, 2.24) is 0 Å². The summed E-state index contributed by atoms with van der Waals surface area (Å²) in [6, 6.07) is 5.81. The molecule has 0 amide bonds. The molecule has 0 radical (unpaired) electrons. The average molecular weight is 286 g/mol. The molecule has 0 heterocycles. The zero-order valence-corrected chi connectivity index (χ0v) is 11.9. The van der Waals surface area contributed by atoms with Gasteiger partial charge in [0.25, 0.3) is 10.1 Å². The Morgan fingerprint density at radius 3 is 2.37 bits per heavy atom. The zero-order chi connectivity index (χ0) is 14.3. The van der Waals surface area contributed by atoms with Crippen molar-refractivity contribution in [1.29, 1.82) is 0 Å². The molecule has 0 aliphatic carbocycles. The summed E-state index contributed by atoms with van der Waals surface area (Å²) < 4.78 is 33.3. The molecule has 5 nitrogen and oxygen atoms in total. The largest absolute Gasteiger partial charge is 0.497 e. The van der Waals surface area contributed by atoms with Crippen molar-refractivity contribution in [3.05, 3.63) is 24.3 Å². The first-order chi connectivity index (χ1) is 8.99. The maximum atomic E-state index is 11.8. The number of unbranched alkanes of at least 4 members (excludes halogenated alkanes) is 1. The van der Waals surface area contributed by atoms with Crippen LogP contribution in [0.4, 0.5) is 0 Å². The van der Waals surface area contributed by atoms with Gasteiger partial charge in [-0.15, -0.1) is 0 Å². The van der Waals surface area contributed by atoms with Gasteiger partial charge < -0.3 is 4.74 Å². The minimum atomic E-state index is -3.88. The van der Waals surface area contributed by atoms with E-state index >= 15 is 0 Å². The second-order valence-corrected chi connectivity index (χ2v) is 5.65. The Bertz CT molecular complexity index is 504. The van der Waals surface area contributed by atoms with E-state index in [-0.39, 0.29) is 10.7 Å². The standard InChI is InChI=1S/C13H18O5S/c1-3-4-5-11(14)10-18-19(15,16)13-8-6-12(17-2)7-9-13/h6-9H,3-5,10H2,1-2H3. The fraction of sp³-hybridized carbons (Fsp3) is 0.462. The van der Waals surface area contributed by atoms with E-state index in [0.29, 0.717) is 12.2 Å². The van der Waals surface area contributed by atoms with Gasteiger partial charge in [0.2, 0.25) is 0 Å². The highest BCUT2D eigenvalue weighted by atomic mass is 32.2. The van der Waals surface area contributed by atoms with Crippen LogP contribution in [-0.4, -0.2) is 27.9 Å². The maximum Gasteiger partial charge on any atom is 0.297 e. The lowest BCUT2D eigenvalue weighted by molar-refractivity contribution is -0.121. The molecule has 0 N–H and O–H groups in total. The fourth-order valence-corrected chi connectivity index (χ4v) is 2.29. The molecule has 0 bridgehead atoms. The van der Waals surface area contributed by atoms with Crippen molar-refractivity contribution in [2.75, 3.05) is 13.7 Å². The lowest BCUT2D eigenvalue weighted by Crippen LogP contribution is -2.14. The minimum absolute atomic E-state index is 0.0107. The van der Waals surface area contributed by atoms with Crippen molar-refractivity contribution in [2.24, 2.45) is 0 Å². The van der Waals surface area contributed by atoms with E-state index in [1.165, 1.54) is 31.4 Å². The molecule has 0 fully saturated rings. The van der Waals surface area contributed by atoms with E-state index in [1.54, 1.807) is 0 Å². The molecule has 19 heavy (non-hydrogen) atoms. The highest BCUT2D eigenvalue weighted by Crippen LogP contribution is 2.17. The minimum Gasteiger partial charge on any atom is -0.497 e. The third kappa shape index (κ3) is 5.00. The molecule has 0 atom stereocenters. The number of carbonyl (C=O) groups excluding carboxylic acids is 1. The predicted octanol–water partition coefficient (Wildman–Crippen LogP) is 2.16. The number of carbonyl (C=O) groups is 1. The Morgan fingerprint density at radius 2 is 1.84 bits per heavy atom. The molecule has 1 rings (SSSR count). The van der Waals surface area contributed by atoms with Gasteiger partial charge >= 0.3 is 0 Å². The van der Waals surface area contributed by atoms with Crippen LogP contribution in [-0.2, 0) is 19.1 Å². The molecule has 0 saturated carbocycles. The Kier molecular flexibility index (Phi) is 5.98. The lowest BCUT2D eigenvalue weighted by Gasteiger charge is -2.06. The molecule has 0 unspecified atom stereocenters. The number of methoxy groups -OCH3 is 1. The molecule has 0 aliphatic heterocycles. The fourth-order valence-electron chi connectivity index (χ4n) is 1.40. The van der Waals surface area contributed by atoms with Gasteiger partial charge in [0.05, 0.1) is 12.0 Å². The van der Waals surface area contributed by atoms with Gasteiger partial charge in [-0.25, -0.2) is 0 Å². The molecule has 106 valence electrons. The Hall–Kier alpha value is -1.40. The van der Waals surface area contributed by atoms with E-state index in [2.05, 4.69) is 0 Å². The van der Waals surface area contributed by atoms with Crippen LogP contribution in [0.15, 0.2) is 29.2 Å². The topological polar surface area (TPSA) is 69.7 Å². The van der Waals surface area contributed by atoms with Crippen LogP contribution in [0, 0.1) is 0 Å². The number of ether oxygens (including phenoxy) is 1. The van der Waals surface area contributed by atoms with Gasteiger partial charge in [-0.1, -0.05) is 13.3 Å². The van der Waals surface area contributed by atoms with E-state index in [4.69, 9.17) is 8.92 Å². The summed E-state index contributed by atoms with van der Waals surface area (Å²) in [6.07, 6.45) is 1.97. The molecular weight excluding hydrogens is 268 g/mol. The number of benzene rings is 1. The van der Waals surface area contributed by atoms with Crippen LogP contribution >= 0.6 is 0 Å². The van der Waals surface area contributed by atoms with Crippen LogP contribution in [0.1, 0.15) is 26.2 Å². The van der Waals surface area contributed by atoms with E-state index in [9.17, 15) is 13.2 Å². The Labute approximate surface area is 113 Å². The molecular formula is C13H18O5S. The van der Waals surface area contributed by atoms with Gasteiger partial charge in [-0.2, -0.15) is 8.42 Å². The van der Waals surface area contributed by atoms with Crippen LogP contribution in [0.25, 0.3) is 0 Å². The van der Waals surface area contributed by atoms with Crippen molar-refractivity contribution in [2.45, 2.75) is 31.1 Å². The molecule has 1 aromatic carbocycles. The van der Waals surface area contributed by atoms with Gasteiger partial charge in [-0.05, 0) is 30.7 Å². The number of rotatable bonds is 8. The van der Waals surface area contributed by atoms with E-state index < -0.39 is 16.7 Å². The molecule has 6 heteroatoms. The third-order valence-electron chi connectivity index (χ3n) is 2.53. The number of ketones is 1. The first-order valence-corrected chi connectivity index (χ1v) is 7.45. The number of hydrogen-bond donors (Lipinski definition) is 0. The number of hydrogen-bond acceptors (Lipinski definition) is 5. The molecule has 0 saturated heterocycles. The summed E-state index contributed by atoms with van der Waals surface area (Å²) >= 11 is 0. The van der Waals surface area contributed by atoms with Gasteiger partial charge in [-0.3, -0.25) is 8.98 Å². The summed E-state index contributed by atoms with van der Waals surface area (Å²) in [4.78, 5) is 11.4. The SMILES string of the molecule is CCCCC(=O)COS(=O)(=O)c1ccc(OC)cc1. The second kappa shape index (κ2) is 7.25. The van der Waals surface area contributed by atoms with Crippen molar-refractivity contribution in [3.63, 3.8) is 0 Å². The monoisotopic (exact) mass is 286 g/mol. The predicted molar refractivity (Wildman–Crippen MR) is 70.7 cm³/mol. The molecule has 0 aliphatic rings. The Morgan fingerprint density at radius 1 is 1.21 bits per heavy atom. The van der Waals surface area contributed by atoms with Crippen molar-refractivity contribution >= 4 is 15.9 Å². The van der Waals surface area contributed by atoms with E-state index in [0.717, 1.165) is 12.8 Å². The molecule has 1 aromatic rings. The van der Waals surface area contributed by atoms with Gasteiger partial charge in [0.1, 0.15) is 12.4 Å². The first kappa shape index (κ1) is 15.7. The Balaban J connectivity index is 2.62. The highest BCUT2D eigenvalue weighted by Gasteiger charge is 2.16. The van der Waals surface area contributed by atoms with Crippen LogP contribution < -0.4 is 4.74 Å². The maximum absolute atomic E-state index is 11.8. The highest BCUT2D eigenvalue weighted by molar-refractivity contribution is 7.86. The van der Waals surface area contributed by atoms with Crippen LogP contribution in [0.3, 0.4) is 0 Å². The van der Waals surface area contributed by atoms with Crippen LogP contribution in [0.2, 0.25) is 0 Å².